The van der Waals surface area contributed by atoms with Crippen LogP contribution in [0.4, 0.5) is 11.4 Å². The van der Waals surface area contributed by atoms with E-state index in [9.17, 15) is 14.4 Å². The Morgan fingerprint density at radius 1 is 0.963 bits per heavy atom. The van der Waals surface area contributed by atoms with E-state index in [2.05, 4.69) is 16.0 Å². The molecule has 0 aliphatic carbocycles. The number of hydrogen-bond acceptors (Lipinski definition) is 4. The van der Waals surface area contributed by atoms with Gasteiger partial charge < -0.3 is 20.7 Å². The third kappa shape index (κ3) is 4.63. The summed E-state index contributed by atoms with van der Waals surface area (Å²) in [4.78, 5) is 35.6. The summed E-state index contributed by atoms with van der Waals surface area (Å²) in [7, 11) is 0. The molecule has 140 valence electrons. The van der Waals surface area contributed by atoms with Crippen LogP contribution in [0.5, 0.6) is 5.75 Å². The van der Waals surface area contributed by atoms with E-state index < -0.39 is 0 Å². The largest absolute Gasteiger partial charge is 0.493 e. The molecule has 0 bridgehead atoms. The number of hydrogen-bond donors (Lipinski definition) is 3. The zero-order valence-electron chi connectivity index (χ0n) is 15.2. The summed E-state index contributed by atoms with van der Waals surface area (Å²) in [5.41, 5.74) is 2.14. The minimum absolute atomic E-state index is 0.170. The van der Waals surface area contributed by atoms with E-state index in [4.69, 9.17) is 4.74 Å². The first kappa shape index (κ1) is 18.4. The average Bonchev–Trinajstić information content (AvgIpc) is 2.60. The fourth-order valence-electron chi connectivity index (χ4n) is 3.04. The van der Waals surface area contributed by atoms with Crippen LogP contribution in [-0.4, -0.2) is 24.3 Å². The first-order chi connectivity index (χ1) is 12.9. The molecule has 0 radical (unpaired) electrons. The number of amides is 3. The maximum absolute atomic E-state index is 12.8. The average molecular weight is 367 g/mol. The Balaban J connectivity index is 1.85. The van der Waals surface area contributed by atoms with Gasteiger partial charge in [-0.25, -0.2) is 0 Å². The van der Waals surface area contributed by atoms with Gasteiger partial charge in [0.1, 0.15) is 5.75 Å². The third-order valence-electron chi connectivity index (χ3n) is 4.10. The minimum Gasteiger partial charge on any atom is -0.493 e. The number of ether oxygens (including phenoxy) is 1. The van der Waals surface area contributed by atoms with Crippen molar-refractivity contribution in [3.8, 4) is 5.75 Å². The number of rotatable bonds is 4. The second-order valence-corrected chi connectivity index (χ2v) is 6.36. The smallest absolute Gasteiger partial charge is 0.251 e. The van der Waals surface area contributed by atoms with Crippen molar-refractivity contribution in [2.45, 2.75) is 26.3 Å². The van der Waals surface area contributed by atoms with Gasteiger partial charge in [0.25, 0.3) is 5.91 Å². The van der Waals surface area contributed by atoms with Gasteiger partial charge in [0.15, 0.2) is 0 Å². The minimum atomic E-state index is -0.296. The molecular formula is C20H21N3O4. The van der Waals surface area contributed by atoms with Gasteiger partial charge in [-0.3, -0.25) is 14.4 Å². The van der Waals surface area contributed by atoms with Crippen LogP contribution in [0.2, 0.25) is 0 Å². The number of carbonyl (C=O) groups excluding carboxylic acids is 3. The summed E-state index contributed by atoms with van der Waals surface area (Å²) < 4.78 is 5.62. The van der Waals surface area contributed by atoms with E-state index in [0.717, 1.165) is 11.3 Å². The van der Waals surface area contributed by atoms with Gasteiger partial charge in [-0.2, -0.15) is 0 Å². The Morgan fingerprint density at radius 2 is 1.59 bits per heavy atom. The highest BCUT2D eigenvalue weighted by Gasteiger charge is 2.23. The zero-order valence-corrected chi connectivity index (χ0v) is 15.2. The van der Waals surface area contributed by atoms with Crippen LogP contribution in [0.1, 0.15) is 42.2 Å². The molecule has 1 aliphatic rings. The van der Waals surface area contributed by atoms with Gasteiger partial charge >= 0.3 is 0 Å². The summed E-state index contributed by atoms with van der Waals surface area (Å²) >= 11 is 0. The zero-order chi connectivity index (χ0) is 19.4. The van der Waals surface area contributed by atoms with Crippen LogP contribution < -0.4 is 20.7 Å². The highest BCUT2D eigenvalue weighted by Crippen LogP contribution is 2.32. The molecule has 1 atom stereocenters. The summed E-state index contributed by atoms with van der Waals surface area (Å²) in [5.74, 6) is -0.0603. The van der Waals surface area contributed by atoms with Crippen LogP contribution >= 0.6 is 0 Å². The van der Waals surface area contributed by atoms with Crippen molar-refractivity contribution >= 4 is 29.1 Å². The summed E-state index contributed by atoms with van der Waals surface area (Å²) in [6.45, 7) is 3.28. The van der Waals surface area contributed by atoms with E-state index in [0.29, 0.717) is 30.0 Å². The van der Waals surface area contributed by atoms with Gasteiger partial charge in [0.05, 0.1) is 12.6 Å². The maximum atomic E-state index is 12.8. The lowest BCUT2D eigenvalue weighted by Gasteiger charge is -2.26. The van der Waals surface area contributed by atoms with Crippen LogP contribution in [0.3, 0.4) is 0 Å². The molecule has 0 saturated heterocycles. The Labute approximate surface area is 157 Å². The van der Waals surface area contributed by atoms with E-state index in [1.54, 1.807) is 18.2 Å². The lowest BCUT2D eigenvalue weighted by Crippen LogP contribution is -2.32. The molecule has 1 heterocycles. The van der Waals surface area contributed by atoms with Crippen molar-refractivity contribution in [1.82, 2.24) is 5.32 Å². The van der Waals surface area contributed by atoms with Gasteiger partial charge in [0, 0.05) is 42.8 Å². The molecule has 0 fully saturated rings. The first-order valence-corrected chi connectivity index (χ1v) is 8.65. The Kier molecular flexibility index (Phi) is 5.40. The molecule has 0 unspecified atom stereocenters. The molecule has 3 N–H and O–H groups in total. The lowest BCUT2D eigenvalue weighted by molar-refractivity contribution is -0.115. The highest BCUT2D eigenvalue weighted by atomic mass is 16.5. The predicted octanol–water partition coefficient (Wildman–Crippen LogP) is 2.86. The molecular weight excluding hydrogens is 346 g/mol. The summed E-state index contributed by atoms with van der Waals surface area (Å²) in [6.07, 6.45) is 0.659. The monoisotopic (exact) mass is 367 g/mol. The van der Waals surface area contributed by atoms with E-state index in [1.165, 1.54) is 13.8 Å². The highest BCUT2D eigenvalue weighted by molar-refractivity contribution is 6.00. The van der Waals surface area contributed by atoms with Gasteiger partial charge in [-0.15, -0.1) is 0 Å². The van der Waals surface area contributed by atoms with Gasteiger partial charge in [-0.1, -0.05) is 18.2 Å². The third-order valence-corrected chi connectivity index (χ3v) is 4.10. The number of para-hydroxylation sites is 1. The summed E-state index contributed by atoms with van der Waals surface area (Å²) in [5, 5.41) is 8.29. The Morgan fingerprint density at radius 3 is 2.22 bits per heavy atom. The Hall–Kier alpha value is -3.35. The fourth-order valence-corrected chi connectivity index (χ4v) is 3.04. The molecule has 1 aliphatic heterocycles. The quantitative estimate of drug-likeness (QED) is 0.774. The molecule has 0 spiro atoms. The van der Waals surface area contributed by atoms with Crippen molar-refractivity contribution in [1.29, 1.82) is 0 Å². The molecule has 7 heteroatoms. The number of nitrogens with one attached hydrogen (secondary N) is 3. The second-order valence-electron chi connectivity index (χ2n) is 6.36. The molecule has 2 aromatic carbocycles. The number of anilines is 2. The number of carbonyl (C=O) groups is 3. The van der Waals surface area contributed by atoms with Crippen LogP contribution in [-0.2, 0) is 9.59 Å². The van der Waals surface area contributed by atoms with Crippen LogP contribution in [0.25, 0.3) is 0 Å². The lowest BCUT2D eigenvalue weighted by atomic mass is 10.00. The molecule has 0 aromatic heterocycles. The molecule has 2 aromatic rings. The normalized spacial score (nSPS) is 15.1. The molecule has 7 nitrogen and oxygen atoms in total. The molecule has 3 rings (SSSR count). The van der Waals surface area contributed by atoms with Crippen LogP contribution in [0.15, 0.2) is 42.5 Å². The Bertz CT molecular complexity index is 860. The standard InChI is InChI=1S/C20H21N3O4/c1-12(24)21-15-9-14(10-16(11-15)22-13(2)25)20(26)23-18-7-8-27-19-6-4-3-5-17(18)19/h3-6,9-11,18H,7-8H2,1-2H3,(H,21,24)(H,22,25)(H,23,26)/t18-/m1/s1. The van der Waals surface area contributed by atoms with Gasteiger partial charge in [-0.05, 0) is 24.3 Å². The van der Waals surface area contributed by atoms with E-state index in [-0.39, 0.29) is 23.8 Å². The second kappa shape index (κ2) is 7.90. The van der Waals surface area contributed by atoms with Gasteiger partial charge in [0.2, 0.25) is 11.8 Å². The summed E-state index contributed by atoms with van der Waals surface area (Å²) in [6, 6.07) is 12.2. The van der Waals surface area contributed by atoms with E-state index in [1.807, 2.05) is 24.3 Å². The molecule has 27 heavy (non-hydrogen) atoms. The van der Waals surface area contributed by atoms with Crippen molar-refractivity contribution in [2.24, 2.45) is 0 Å². The van der Waals surface area contributed by atoms with Crippen molar-refractivity contribution in [3.63, 3.8) is 0 Å². The first-order valence-electron chi connectivity index (χ1n) is 8.65. The maximum Gasteiger partial charge on any atom is 0.251 e. The number of fused-ring (bicyclic) bond motifs is 1. The topological polar surface area (TPSA) is 96.5 Å². The fraction of sp³-hybridized carbons (Fsp3) is 0.250. The van der Waals surface area contributed by atoms with Crippen molar-refractivity contribution in [3.05, 3.63) is 53.6 Å². The van der Waals surface area contributed by atoms with E-state index >= 15 is 0 Å². The van der Waals surface area contributed by atoms with Crippen molar-refractivity contribution < 1.29 is 19.1 Å². The molecule has 0 saturated carbocycles. The SMILES string of the molecule is CC(=O)Nc1cc(NC(C)=O)cc(C(=O)N[C@@H]2CCOc3ccccc32)c1. The van der Waals surface area contributed by atoms with Crippen molar-refractivity contribution in [2.75, 3.05) is 17.2 Å². The molecule has 3 amide bonds. The number of benzene rings is 2. The van der Waals surface area contributed by atoms with Crippen LogP contribution in [0, 0.1) is 0 Å². The predicted molar refractivity (Wildman–Crippen MR) is 102 cm³/mol.